The SMILES string of the molecule is CCCc1nnsc1C(=O)Nc1sc(C)c(C)c1C(=O)O. The summed E-state index contributed by atoms with van der Waals surface area (Å²) in [7, 11) is 0. The van der Waals surface area contributed by atoms with E-state index in [4.69, 9.17) is 0 Å². The van der Waals surface area contributed by atoms with Gasteiger partial charge < -0.3 is 10.4 Å². The maximum absolute atomic E-state index is 12.3. The lowest BCUT2D eigenvalue weighted by molar-refractivity contribution is 0.0697. The van der Waals surface area contributed by atoms with Crippen molar-refractivity contribution in [3.63, 3.8) is 0 Å². The van der Waals surface area contributed by atoms with Crippen LogP contribution in [0.2, 0.25) is 0 Å². The van der Waals surface area contributed by atoms with Crippen molar-refractivity contribution in [1.29, 1.82) is 0 Å². The van der Waals surface area contributed by atoms with Crippen molar-refractivity contribution in [2.24, 2.45) is 0 Å². The van der Waals surface area contributed by atoms with Crippen LogP contribution in [0.5, 0.6) is 0 Å². The summed E-state index contributed by atoms with van der Waals surface area (Å²) in [6.45, 7) is 5.57. The Morgan fingerprint density at radius 2 is 2.05 bits per heavy atom. The van der Waals surface area contributed by atoms with E-state index in [0.717, 1.165) is 22.8 Å². The Kier molecular flexibility index (Phi) is 4.69. The molecule has 112 valence electrons. The van der Waals surface area contributed by atoms with E-state index < -0.39 is 5.97 Å². The summed E-state index contributed by atoms with van der Waals surface area (Å²) < 4.78 is 3.80. The number of carboxylic acids is 1. The van der Waals surface area contributed by atoms with Gasteiger partial charge in [-0.1, -0.05) is 17.8 Å². The number of amides is 1. The molecule has 0 bridgehead atoms. The number of carboxylic acid groups (broad SMARTS) is 1. The highest BCUT2D eigenvalue weighted by Gasteiger charge is 2.23. The Labute approximate surface area is 130 Å². The van der Waals surface area contributed by atoms with Crippen molar-refractivity contribution >= 4 is 39.7 Å². The number of nitrogens with one attached hydrogen (secondary N) is 1. The summed E-state index contributed by atoms with van der Waals surface area (Å²) in [6.07, 6.45) is 1.54. The Morgan fingerprint density at radius 3 is 2.67 bits per heavy atom. The fourth-order valence-electron chi connectivity index (χ4n) is 1.91. The highest BCUT2D eigenvalue weighted by Crippen LogP contribution is 2.33. The zero-order valence-corrected chi connectivity index (χ0v) is 13.5. The monoisotopic (exact) mass is 325 g/mol. The van der Waals surface area contributed by atoms with Gasteiger partial charge in [0, 0.05) is 4.88 Å². The highest BCUT2D eigenvalue weighted by atomic mass is 32.1. The van der Waals surface area contributed by atoms with Crippen LogP contribution in [0.1, 0.15) is 49.5 Å². The predicted molar refractivity (Wildman–Crippen MR) is 82.6 cm³/mol. The van der Waals surface area contributed by atoms with Gasteiger partial charge >= 0.3 is 5.97 Å². The maximum atomic E-state index is 12.3. The standard InChI is InChI=1S/C13H15N3O3S2/c1-4-5-8-10(21-16-15-8)11(17)14-12-9(13(18)19)6(2)7(3)20-12/h4-5H2,1-3H3,(H,14,17)(H,18,19). The Hall–Kier alpha value is -1.80. The Bertz CT molecular complexity index is 691. The number of nitrogens with zero attached hydrogens (tertiary/aromatic N) is 2. The lowest BCUT2D eigenvalue weighted by Gasteiger charge is -2.03. The summed E-state index contributed by atoms with van der Waals surface area (Å²) >= 11 is 2.29. The molecule has 2 aromatic rings. The first-order valence-corrected chi connectivity index (χ1v) is 8.00. The minimum atomic E-state index is -1.04. The number of hydrogen-bond acceptors (Lipinski definition) is 6. The summed E-state index contributed by atoms with van der Waals surface area (Å²) in [5, 5.41) is 16.3. The lowest BCUT2D eigenvalue weighted by Crippen LogP contribution is -2.14. The number of thiophene rings is 1. The highest BCUT2D eigenvalue weighted by molar-refractivity contribution is 7.17. The molecule has 0 saturated heterocycles. The molecule has 21 heavy (non-hydrogen) atoms. The first-order chi connectivity index (χ1) is 9.95. The molecule has 0 aliphatic carbocycles. The van der Waals surface area contributed by atoms with Crippen molar-refractivity contribution in [2.45, 2.75) is 33.6 Å². The fraction of sp³-hybridized carbons (Fsp3) is 0.385. The number of aryl methyl sites for hydroxylation is 2. The van der Waals surface area contributed by atoms with Gasteiger partial charge in [-0.05, 0) is 37.4 Å². The maximum Gasteiger partial charge on any atom is 0.338 e. The van der Waals surface area contributed by atoms with Crippen LogP contribution in [-0.2, 0) is 6.42 Å². The molecular weight excluding hydrogens is 310 g/mol. The van der Waals surface area contributed by atoms with Crippen molar-refractivity contribution in [1.82, 2.24) is 9.59 Å². The van der Waals surface area contributed by atoms with Gasteiger partial charge in [0.2, 0.25) is 0 Å². The summed E-state index contributed by atoms with van der Waals surface area (Å²) in [5.41, 5.74) is 1.49. The second-order valence-corrected chi connectivity index (χ2v) is 6.52. The molecule has 2 rings (SSSR count). The molecule has 6 nitrogen and oxygen atoms in total. The van der Waals surface area contributed by atoms with Gasteiger partial charge in [-0.2, -0.15) is 0 Å². The summed E-state index contributed by atoms with van der Waals surface area (Å²) in [6, 6.07) is 0. The van der Waals surface area contributed by atoms with Crippen molar-refractivity contribution < 1.29 is 14.7 Å². The second-order valence-electron chi connectivity index (χ2n) is 4.55. The van der Waals surface area contributed by atoms with Gasteiger partial charge in [-0.15, -0.1) is 16.4 Å². The Balaban J connectivity index is 2.30. The third kappa shape index (κ3) is 3.11. The Morgan fingerprint density at radius 1 is 1.33 bits per heavy atom. The van der Waals surface area contributed by atoms with Crippen molar-refractivity contribution in [3.05, 3.63) is 26.6 Å². The number of aromatic nitrogens is 2. The molecule has 0 aromatic carbocycles. The number of hydrogen-bond donors (Lipinski definition) is 2. The van der Waals surface area contributed by atoms with E-state index in [2.05, 4.69) is 14.9 Å². The van der Waals surface area contributed by atoms with Crippen molar-refractivity contribution in [3.8, 4) is 0 Å². The average molecular weight is 325 g/mol. The molecule has 0 spiro atoms. The van der Waals surface area contributed by atoms with E-state index in [1.165, 1.54) is 11.3 Å². The van der Waals surface area contributed by atoms with E-state index in [1.807, 2.05) is 13.8 Å². The molecule has 0 fully saturated rings. The van der Waals surface area contributed by atoms with Crippen LogP contribution in [0.4, 0.5) is 5.00 Å². The second kappa shape index (κ2) is 6.31. The molecule has 0 radical (unpaired) electrons. The predicted octanol–water partition coefficient (Wildman–Crippen LogP) is 3.12. The number of rotatable bonds is 5. The first-order valence-electron chi connectivity index (χ1n) is 6.41. The topological polar surface area (TPSA) is 92.2 Å². The van der Waals surface area contributed by atoms with E-state index in [-0.39, 0.29) is 11.5 Å². The molecule has 8 heteroatoms. The smallest absolute Gasteiger partial charge is 0.338 e. The van der Waals surface area contributed by atoms with Gasteiger partial charge in [-0.25, -0.2) is 4.79 Å². The molecule has 0 unspecified atom stereocenters. The summed E-state index contributed by atoms with van der Waals surface area (Å²) in [4.78, 5) is 24.9. The van der Waals surface area contributed by atoms with E-state index >= 15 is 0 Å². The minimum Gasteiger partial charge on any atom is -0.478 e. The molecule has 2 heterocycles. The third-order valence-electron chi connectivity index (χ3n) is 3.08. The quantitative estimate of drug-likeness (QED) is 0.881. The third-order valence-corrected chi connectivity index (χ3v) is 4.96. The molecule has 1 amide bonds. The van der Waals surface area contributed by atoms with Gasteiger partial charge in [0.05, 0.1) is 11.3 Å². The van der Waals surface area contributed by atoms with Gasteiger partial charge in [-0.3, -0.25) is 4.79 Å². The van der Waals surface area contributed by atoms with Crippen LogP contribution < -0.4 is 5.32 Å². The molecule has 0 atom stereocenters. The van der Waals surface area contributed by atoms with Gasteiger partial charge in [0.1, 0.15) is 9.88 Å². The molecule has 0 aliphatic heterocycles. The molecule has 2 aromatic heterocycles. The van der Waals surface area contributed by atoms with E-state index in [0.29, 0.717) is 27.6 Å². The molecule has 0 saturated carbocycles. The van der Waals surface area contributed by atoms with Crippen LogP contribution in [0.15, 0.2) is 0 Å². The number of aromatic carboxylic acids is 1. The zero-order valence-electron chi connectivity index (χ0n) is 11.9. The first kappa shape index (κ1) is 15.6. The largest absolute Gasteiger partial charge is 0.478 e. The van der Waals surface area contributed by atoms with Gasteiger partial charge in [0.25, 0.3) is 5.91 Å². The van der Waals surface area contributed by atoms with Crippen LogP contribution >= 0.6 is 22.9 Å². The molecule has 2 N–H and O–H groups in total. The van der Waals surface area contributed by atoms with Crippen LogP contribution in [-0.4, -0.2) is 26.6 Å². The van der Waals surface area contributed by atoms with Crippen LogP contribution in [0, 0.1) is 13.8 Å². The fourth-order valence-corrected chi connectivity index (χ4v) is 3.56. The zero-order chi connectivity index (χ0) is 15.6. The number of carbonyl (C=O) groups excluding carboxylic acids is 1. The van der Waals surface area contributed by atoms with Crippen LogP contribution in [0.25, 0.3) is 0 Å². The number of carbonyl (C=O) groups is 2. The average Bonchev–Trinajstić information content (AvgIpc) is 2.96. The minimum absolute atomic E-state index is 0.153. The molecule has 0 aliphatic rings. The molecular formula is C13H15N3O3S2. The van der Waals surface area contributed by atoms with Crippen molar-refractivity contribution in [2.75, 3.05) is 5.32 Å². The van der Waals surface area contributed by atoms with Gasteiger partial charge in [0.15, 0.2) is 0 Å². The normalized spacial score (nSPS) is 10.6. The summed E-state index contributed by atoms with van der Waals surface area (Å²) in [5.74, 6) is -1.39. The van der Waals surface area contributed by atoms with E-state index in [1.54, 1.807) is 6.92 Å². The van der Waals surface area contributed by atoms with E-state index in [9.17, 15) is 14.7 Å². The number of anilines is 1. The van der Waals surface area contributed by atoms with Crippen LogP contribution in [0.3, 0.4) is 0 Å². The lowest BCUT2D eigenvalue weighted by atomic mass is 10.1.